The van der Waals surface area contributed by atoms with Crippen LogP contribution < -0.4 is 10.6 Å². The second kappa shape index (κ2) is 5.11. The summed E-state index contributed by atoms with van der Waals surface area (Å²) in [6.07, 6.45) is 1.66. The van der Waals surface area contributed by atoms with E-state index >= 15 is 0 Å². The smallest absolute Gasteiger partial charge is 0.150 e. The van der Waals surface area contributed by atoms with E-state index in [1.807, 2.05) is 0 Å². The van der Waals surface area contributed by atoms with E-state index in [1.54, 1.807) is 6.07 Å². The fourth-order valence-electron chi connectivity index (χ4n) is 1.95. The summed E-state index contributed by atoms with van der Waals surface area (Å²) in [4.78, 5) is 0. The number of halogens is 2. The number of benzene rings is 1. The normalized spacial score (nSPS) is 16.5. The summed E-state index contributed by atoms with van der Waals surface area (Å²) < 4.78 is 27.2. The molecule has 1 heterocycles. The Bertz CT molecular complexity index is 425. The summed E-state index contributed by atoms with van der Waals surface area (Å²) >= 11 is 0. The fraction of sp³-hybridized carbons (Fsp3) is 0.417. The first-order valence-corrected chi connectivity index (χ1v) is 5.57. The lowest BCUT2D eigenvalue weighted by Crippen LogP contribution is -2.35. The summed E-state index contributed by atoms with van der Waals surface area (Å²) in [7, 11) is 0. The summed E-state index contributed by atoms with van der Waals surface area (Å²) in [6.45, 7) is 1.69. The molecule has 1 saturated heterocycles. The van der Waals surface area contributed by atoms with Gasteiger partial charge >= 0.3 is 0 Å². The monoisotopic (exact) mass is 237 g/mol. The van der Waals surface area contributed by atoms with Crippen LogP contribution in [0.4, 0.5) is 14.5 Å². The predicted molar refractivity (Wildman–Crippen MR) is 60.6 cm³/mol. The fourth-order valence-corrected chi connectivity index (χ4v) is 1.95. The number of rotatable bonds is 2. The van der Waals surface area contributed by atoms with Crippen molar-refractivity contribution in [2.45, 2.75) is 18.9 Å². The number of hydrogen-bond acceptors (Lipinski definition) is 3. The third-order valence-corrected chi connectivity index (χ3v) is 2.86. The van der Waals surface area contributed by atoms with Crippen molar-refractivity contribution in [3.63, 3.8) is 0 Å². The molecule has 1 aromatic carbocycles. The van der Waals surface area contributed by atoms with Crippen LogP contribution in [-0.2, 0) is 0 Å². The Balaban J connectivity index is 2.18. The minimum atomic E-state index is -0.708. The lowest BCUT2D eigenvalue weighted by atomic mass is 10.1. The van der Waals surface area contributed by atoms with E-state index in [2.05, 4.69) is 10.6 Å². The molecule has 1 aliphatic rings. The van der Waals surface area contributed by atoms with Gasteiger partial charge in [-0.3, -0.25) is 0 Å². The highest BCUT2D eigenvalue weighted by Crippen LogP contribution is 2.22. The molecular formula is C12H13F2N3. The van der Waals surface area contributed by atoms with Gasteiger partial charge < -0.3 is 10.6 Å². The molecule has 0 aliphatic carbocycles. The van der Waals surface area contributed by atoms with Crippen molar-refractivity contribution in [1.82, 2.24) is 5.32 Å². The highest BCUT2D eigenvalue weighted by Gasteiger charge is 2.17. The number of piperidine rings is 1. The lowest BCUT2D eigenvalue weighted by Gasteiger charge is -2.25. The molecule has 0 bridgehead atoms. The zero-order valence-electron chi connectivity index (χ0n) is 9.26. The second-order valence-electron chi connectivity index (χ2n) is 4.10. The predicted octanol–water partition coefficient (Wildman–Crippen LogP) is 2.00. The van der Waals surface area contributed by atoms with Crippen LogP contribution in [0.15, 0.2) is 12.1 Å². The first kappa shape index (κ1) is 11.8. The van der Waals surface area contributed by atoms with E-state index in [0.717, 1.165) is 38.1 Å². The Morgan fingerprint density at radius 2 is 1.82 bits per heavy atom. The molecule has 17 heavy (non-hydrogen) atoms. The molecule has 2 rings (SSSR count). The van der Waals surface area contributed by atoms with Gasteiger partial charge in [0.15, 0.2) is 11.6 Å². The van der Waals surface area contributed by atoms with Crippen molar-refractivity contribution in [3.8, 4) is 6.07 Å². The van der Waals surface area contributed by atoms with Crippen LogP contribution in [-0.4, -0.2) is 19.1 Å². The van der Waals surface area contributed by atoms with Crippen LogP contribution in [0, 0.1) is 23.0 Å². The number of anilines is 1. The standard InChI is InChI=1S/C12H13F2N3/c13-10-5-8(7-15)6-11(14)12(10)17-9-1-3-16-4-2-9/h5-6,9,16-17H,1-4H2. The molecule has 5 heteroatoms. The van der Waals surface area contributed by atoms with Gasteiger partial charge in [-0.25, -0.2) is 8.78 Å². The van der Waals surface area contributed by atoms with E-state index in [-0.39, 0.29) is 17.3 Å². The summed E-state index contributed by atoms with van der Waals surface area (Å²) in [6, 6.07) is 3.89. The molecule has 0 atom stereocenters. The quantitative estimate of drug-likeness (QED) is 0.827. The Morgan fingerprint density at radius 3 is 2.35 bits per heavy atom. The summed E-state index contributed by atoms with van der Waals surface area (Å²) in [5.41, 5.74) is -0.133. The highest BCUT2D eigenvalue weighted by molar-refractivity contribution is 5.51. The van der Waals surface area contributed by atoms with Crippen molar-refractivity contribution in [3.05, 3.63) is 29.3 Å². The Morgan fingerprint density at radius 1 is 1.24 bits per heavy atom. The van der Waals surface area contributed by atoms with Gasteiger partial charge in [0.1, 0.15) is 5.69 Å². The number of nitrogens with one attached hydrogen (secondary N) is 2. The molecule has 90 valence electrons. The number of nitrogens with zero attached hydrogens (tertiary/aromatic N) is 1. The van der Waals surface area contributed by atoms with Crippen LogP contribution in [0.2, 0.25) is 0 Å². The molecule has 0 saturated carbocycles. The van der Waals surface area contributed by atoms with Gasteiger partial charge in [0.05, 0.1) is 11.6 Å². The van der Waals surface area contributed by atoms with Crippen molar-refractivity contribution in [2.24, 2.45) is 0 Å². The zero-order valence-corrected chi connectivity index (χ0v) is 9.26. The third kappa shape index (κ3) is 2.71. The van der Waals surface area contributed by atoms with Crippen molar-refractivity contribution < 1.29 is 8.78 Å². The lowest BCUT2D eigenvalue weighted by molar-refractivity contribution is 0.473. The van der Waals surface area contributed by atoms with Crippen LogP contribution >= 0.6 is 0 Å². The molecule has 0 spiro atoms. The van der Waals surface area contributed by atoms with Crippen LogP contribution in [0.3, 0.4) is 0 Å². The molecule has 0 radical (unpaired) electrons. The van der Waals surface area contributed by atoms with Gasteiger partial charge in [-0.1, -0.05) is 0 Å². The van der Waals surface area contributed by atoms with Gasteiger partial charge in [0, 0.05) is 6.04 Å². The highest BCUT2D eigenvalue weighted by atomic mass is 19.1. The Kier molecular flexibility index (Phi) is 3.55. The molecule has 0 unspecified atom stereocenters. The molecule has 1 fully saturated rings. The summed E-state index contributed by atoms with van der Waals surface area (Å²) in [5, 5.41) is 14.6. The Hall–Kier alpha value is -1.67. The topological polar surface area (TPSA) is 47.9 Å². The maximum Gasteiger partial charge on any atom is 0.150 e. The van der Waals surface area contributed by atoms with Crippen LogP contribution in [0.5, 0.6) is 0 Å². The van der Waals surface area contributed by atoms with Gasteiger partial charge in [-0.15, -0.1) is 0 Å². The van der Waals surface area contributed by atoms with E-state index in [0.29, 0.717) is 0 Å². The minimum Gasteiger partial charge on any atom is -0.377 e. The van der Waals surface area contributed by atoms with E-state index in [1.165, 1.54) is 0 Å². The van der Waals surface area contributed by atoms with Crippen molar-refractivity contribution in [1.29, 1.82) is 5.26 Å². The average molecular weight is 237 g/mol. The molecular weight excluding hydrogens is 224 g/mol. The molecule has 0 amide bonds. The van der Waals surface area contributed by atoms with Gasteiger partial charge in [0.25, 0.3) is 0 Å². The van der Waals surface area contributed by atoms with E-state index in [9.17, 15) is 8.78 Å². The van der Waals surface area contributed by atoms with Crippen LogP contribution in [0.1, 0.15) is 18.4 Å². The molecule has 2 N–H and O–H groups in total. The van der Waals surface area contributed by atoms with Gasteiger partial charge in [-0.2, -0.15) is 5.26 Å². The zero-order chi connectivity index (χ0) is 12.3. The largest absolute Gasteiger partial charge is 0.377 e. The van der Waals surface area contributed by atoms with E-state index < -0.39 is 11.6 Å². The average Bonchev–Trinajstić information content (AvgIpc) is 2.35. The SMILES string of the molecule is N#Cc1cc(F)c(NC2CCNCC2)c(F)c1. The maximum atomic E-state index is 13.6. The summed E-state index contributed by atoms with van der Waals surface area (Å²) in [5.74, 6) is -1.42. The minimum absolute atomic E-state index is 0.00383. The van der Waals surface area contributed by atoms with Gasteiger partial charge in [0.2, 0.25) is 0 Å². The molecule has 3 nitrogen and oxygen atoms in total. The molecule has 1 aromatic rings. The van der Waals surface area contributed by atoms with E-state index in [4.69, 9.17) is 5.26 Å². The second-order valence-corrected chi connectivity index (χ2v) is 4.10. The number of hydrogen-bond donors (Lipinski definition) is 2. The van der Waals surface area contributed by atoms with Crippen LogP contribution in [0.25, 0.3) is 0 Å². The Labute approximate surface area is 98.4 Å². The first-order chi connectivity index (χ1) is 8.20. The first-order valence-electron chi connectivity index (χ1n) is 5.57. The van der Waals surface area contributed by atoms with Crippen molar-refractivity contribution >= 4 is 5.69 Å². The molecule has 0 aromatic heterocycles. The number of nitriles is 1. The third-order valence-electron chi connectivity index (χ3n) is 2.86. The van der Waals surface area contributed by atoms with Gasteiger partial charge in [-0.05, 0) is 38.1 Å². The molecule has 1 aliphatic heterocycles. The maximum absolute atomic E-state index is 13.6. The van der Waals surface area contributed by atoms with Crippen molar-refractivity contribution in [2.75, 3.05) is 18.4 Å².